The van der Waals surface area contributed by atoms with Gasteiger partial charge in [0.1, 0.15) is 12.1 Å². The normalized spacial score (nSPS) is 8.88. The molecular weight excluding hydrogens is 206 g/mol. The summed E-state index contributed by atoms with van der Waals surface area (Å²) in [4.78, 5) is 10.3. The topological polar surface area (TPSA) is 96.9 Å². The van der Waals surface area contributed by atoms with Crippen molar-refractivity contribution >= 4 is 11.7 Å². The molecule has 5 nitrogen and oxygen atoms in total. The van der Waals surface area contributed by atoms with Gasteiger partial charge in [0, 0.05) is 12.2 Å². The summed E-state index contributed by atoms with van der Waals surface area (Å²) in [6.07, 6.45) is 0.00187. The summed E-state index contributed by atoms with van der Waals surface area (Å²) in [7, 11) is 0. The van der Waals surface area contributed by atoms with Crippen LogP contribution in [0.25, 0.3) is 0 Å². The van der Waals surface area contributed by atoms with E-state index < -0.39 is 5.97 Å². The van der Waals surface area contributed by atoms with Crippen molar-refractivity contribution in [2.75, 3.05) is 11.9 Å². The summed E-state index contributed by atoms with van der Waals surface area (Å²) in [6, 6.07) is 8.51. The second kappa shape index (κ2) is 5.38. The SMILES string of the molecule is N#Cc1ccc(NCCC(=O)O)cc1C#N. The zero-order valence-electron chi connectivity index (χ0n) is 8.40. The molecule has 0 aliphatic rings. The highest BCUT2D eigenvalue weighted by molar-refractivity contribution is 5.67. The number of aliphatic carboxylic acids is 1. The number of carboxylic acid groups (broad SMARTS) is 1. The van der Waals surface area contributed by atoms with Crippen LogP contribution in [0.3, 0.4) is 0 Å². The Hall–Kier alpha value is -2.53. The molecule has 0 bridgehead atoms. The van der Waals surface area contributed by atoms with Gasteiger partial charge in [-0.2, -0.15) is 10.5 Å². The van der Waals surface area contributed by atoms with E-state index in [2.05, 4.69) is 5.32 Å². The van der Waals surface area contributed by atoms with Gasteiger partial charge in [-0.3, -0.25) is 4.79 Å². The fourth-order valence-corrected chi connectivity index (χ4v) is 1.16. The summed E-state index contributed by atoms with van der Waals surface area (Å²) >= 11 is 0. The molecule has 80 valence electrons. The van der Waals surface area contributed by atoms with Gasteiger partial charge in [0.2, 0.25) is 0 Å². The van der Waals surface area contributed by atoms with Gasteiger partial charge in [0.05, 0.1) is 17.5 Å². The average molecular weight is 215 g/mol. The number of nitrogens with one attached hydrogen (secondary N) is 1. The average Bonchev–Trinajstić information content (AvgIpc) is 2.28. The van der Waals surface area contributed by atoms with E-state index in [1.165, 1.54) is 12.1 Å². The Balaban J connectivity index is 2.74. The molecule has 0 spiro atoms. The highest BCUT2D eigenvalue weighted by Gasteiger charge is 2.03. The van der Waals surface area contributed by atoms with Gasteiger partial charge in [-0.15, -0.1) is 0 Å². The molecule has 0 heterocycles. The summed E-state index contributed by atoms with van der Waals surface area (Å²) in [5.41, 5.74) is 1.23. The predicted octanol–water partition coefficient (Wildman–Crippen LogP) is 1.32. The van der Waals surface area contributed by atoms with E-state index in [9.17, 15) is 4.79 Å². The monoisotopic (exact) mass is 215 g/mol. The van der Waals surface area contributed by atoms with Gasteiger partial charge in [0.15, 0.2) is 0 Å². The van der Waals surface area contributed by atoms with E-state index >= 15 is 0 Å². The third kappa shape index (κ3) is 3.00. The van der Waals surface area contributed by atoms with Crippen LogP contribution in [0.2, 0.25) is 0 Å². The first-order valence-corrected chi connectivity index (χ1v) is 4.57. The number of nitriles is 2. The molecule has 1 rings (SSSR count). The van der Waals surface area contributed by atoms with Crippen LogP contribution in [0.5, 0.6) is 0 Å². The van der Waals surface area contributed by atoms with Crippen LogP contribution in [0.15, 0.2) is 18.2 Å². The number of nitrogens with zero attached hydrogens (tertiary/aromatic N) is 2. The molecule has 0 aromatic heterocycles. The van der Waals surface area contributed by atoms with E-state index in [0.29, 0.717) is 11.3 Å². The van der Waals surface area contributed by atoms with E-state index in [-0.39, 0.29) is 18.5 Å². The molecule has 0 saturated heterocycles. The molecule has 0 aliphatic carbocycles. The quantitative estimate of drug-likeness (QED) is 0.789. The Bertz CT molecular complexity index is 483. The molecule has 0 amide bonds. The minimum Gasteiger partial charge on any atom is -0.481 e. The Kier molecular flexibility index (Phi) is 3.88. The second-order valence-electron chi connectivity index (χ2n) is 3.05. The van der Waals surface area contributed by atoms with Crippen molar-refractivity contribution in [2.45, 2.75) is 6.42 Å². The zero-order valence-corrected chi connectivity index (χ0v) is 8.40. The lowest BCUT2D eigenvalue weighted by Crippen LogP contribution is -2.07. The molecule has 0 fully saturated rings. The van der Waals surface area contributed by atoms with E-state index in [1.807, 2.05) is 12.1 Å². The van der Waals surface area contributed by atoms with Crippen molar-refractivity contribution in [1.82, 2.24) is 0 Å². The van der Waals surface area contributed by atoms with Crippen LogP contribution in [0.4, 0.5) is 5.69 Å². The fourth-order valence-electron chi connectivity index (χ4n) is 1.16. The highest BCUT2D eigenvalue weighted by Crippen LogP contribution is 2.14. The van der Waals surface area contributed by atoms with E-state index in [1.54, 1.807) is 6.07 Å². The molecule has 0 aliphatic heterocycles. The highest BCUT2D eigenvalue weighted by atomic mass is 16.4. The molecule has 0 saturated carbocycles. The third-order valence-corrected chi connectivity index (χ3v) is 1.93. The van der Waals surface area contributed by atoms with Gasteiger partial charge in [-0.25, -0.2) is 0 Å². The minimum atomic E-state index is -0.887. The molecule has 1 aromatic carbocycles. The molecule has 5 heteroatoms. The van der Waals surface area contributed by atoms with Crippen LogP contribution in [0.1, 0.15) is 17.5 Å². The second-order valence-corrected chi connectivity index (χ2v) is 3.05. The van der Waals surface area contributed by atoms with Crippen molar-refractivity contribution < 1.29 is 9.90 Å². The van der Waals surface area contributed by atoms with E-state index in [0.717, 1.165) is 0 Å². The van der Waals surface area contributed by atoms with Crippen molar-refractivity contribution in [3.05, 3.63) is 29.3 Å². The zero-order chi connectivity index (χ0) is 12.0. The number of anilines is 1. The fraction of sp³-hybridized carbons (Fsp3) is 0.182. The van der Waals surface area contributed by atoms with Crippen LogP contribution in [0, 0.1) is 22.7 Å². The first kappa shape index (κ1) is 11.5. The van der Waals surface area contributed by atoms with Gasteiger partial charge in [0.25, 0.3) is 0 Å². The Morgan fingerprint density at radius 3 is 2.56 bits per heavy atom. The Morgan fingerprint density at radius 2 is 2.00 bits per heavy atom. The van der Waals surface area contributed by atoms with Crippen LogP contribution >= 0.6 is 0 Å². The Labute approximate surface area is 92.5 Å². The van der Waals surface area contributed by atoms with Gasteiger partial charge in [-0.1, -0.05) is 0 Å². The van der Waals surface area contributed by atoms with Gasteiger partial charge < -0.3 is 10.4 Å². The standard InChI is InChI=1S/C11H9N3O2/c12-6-8-1-2-10(5-9(8)7-13)14-4-3-11(15)16/h1-2,5,14H,3-4H2,(H,15,16). The summed E-state index contributed by atoms with van der Waals surface area (Å²) in [5.74, 6) is -0.887. The molecule has 0 unspecified atom stereocenters. The molecule has 1 aromatic rings. The molecule has 0 radical (unpaired) electrons. The van der Waals surface area contributed by atoms with Crippen molar-refractivity contribution in [2.24, 2.45) is 0 Å². The Morgan fingerprint density at radius 1 is 1.31 bits per heavy atom. The number of hydrogen-bond acceptors (Lipinski definition) is 4. The number of benzene rings is 1. The smallest absolute Gasteiger partial charge is 0.305 e. The lowest BCUT2D eigenvalue weighted by atomic mass is 10.1. The van der Waals surface area contributed by atoms with Crippen molar-refractivity contribution in [1.29, 1.82) is 10.5 Å². The molecular formula is C11H9N3O2. The number of hydrogen-bond donors (Lipinski definition) is 2. The summed E-state index contributed by atoms with van der Waals surface area (Å²) < 4.78 is 0. The number of rotatable bonds is 4. The van der Waals surface area contributed by atoms with Gasteiger partial charge >= 0.3 is 5.97 Å². The van der Waals surface area contributed by atoms with E-state index in [4.69, 9.17) is 15.6 Å². The maximum atomic E-state index is 10.3. The largest absolute Gasteiger partial charge is 0.481 e. The predicted molar refractivity (Wildman–Crippen MR) is 56.6 cm³/mol. The third-order valence-electron chi connectivity index (χ3n) is 1.93. The van der Waals surface area contributed by atoms with Crippen LogP contribution < -0.4 is 5.32 Å². The number of carbonyl (C=O) groups is 1. The van der Waals surface area contributed by atoms with Crippen LogP contribution in [-0.2, 0) is 4.79 Å². The molecule has 2 N–H and O–H groups in total. The van der Waals surface area contributed by atoms with Crippen molar-refractivity contribution in [3.63, 3.8) is 0 Å². The minimum absolute atomic E-state index is 0.00187. The molecule has 0 atom stereocenters. The van der Waals surface area contributed by atoms with Crippen LogP contribution in [-0.4, -0.2) is 17.6 Å². The first-order valence-electron chi connectivity index (χ1n) is 4.57. The van der Waals surface area contributed by atoms with Gasteiger partial charge in [-0.05, 0) is 18.2 Å². The lowest BCUT2D eigenvalue weighted by molar-refractivity contribution is -0.136. The first-order chi connectivity index (χ1) is 7.67. The summed E-state index contributed by atoms with van der Waals surface area (Å²) in [5, 5.41) is 28.8. The lowest BCUT2D eigenvalue weighted by Gasteiger charge is -2.05. The maximum absolute atomic E-state index is 10.3. The molecule has 16 heavy (non-hydrogen) atoms. The number of carboxylic acids is 1. The maximum Gasteiger partial charge on any atom is 0.305 e. The van der Waals surface area contributed by atoms with Crippen molar-refractivity contribution in [3.8, 4) is 12.1 Å². The summed E-state index contributed by atoms with van der Waals surface area (Å²) in [6.45, 7) is 0.284.